The molecule has 2 aromatic carbocycles. The summed E-state index contributed by atoms with van der Waals surface area (Å²) < 4.78 is 11.5. The van der Waals surface area contributed by atoms with E-state index in [1.165, 1.54) is 0 Å². The van der Waals surface area contributed by atoms with Gasteiger partial charge in [0.2, 0.25) is 5.91 Å². The van der Waals surface area contributed by atoms with E-state index in [9.17, 15) is 4.79 Å². The minimum absolute atomic E-state index is 0. The summed E-state index contributed by atoms with van der Waals surface area (Å²) in [7, 11) is 0. The minimum Gasteiger partial charge on any atom is -0.491 e. The molecule has 0 radical (unpaired) electrons. The zero-order valence-electron chi connectivity index (χ0n) is 16.2. The number of nitrogens with one attached hydrogen (secondary N) is 1. The Balaban J connectivity index is 0.00000261. The summed E-state index contributed by atoms with van der Waals surface area (Å²) in [5, 5.41) is 5.12. The highest BCUT2D eigenvalue weighted by molar-refractivity contribution is 5.89. The molecule has 0 aromatic heterocycles. The molecule has 2 unspecified atom stereocenters. The van der Waals surface area contributed by atoms with Gasteiger partial charge in [-0.1, -0.05) is 50.2 Å². The van der Waals surface area contributed by atoms with E-state index < -0.39 is 5.54 Å². The lowest BCUT2D eigenvalue weighted by Gasteiger charge is -2.57. The average molecular weight is 393 g/mol. The highest BCUT2D eigenvalue weighted by atomic mass is 35.5. The fourth-order valence-electron chi connectivity index (χ4n) is 3.63. The predicted octanol–water partition coefficient (Wildman–Crippen LogP) is 3.29. The lowest BCUT2D eigenvalue weighted by Crippen LogP contribution is -2.75. The summed E-state index contributed by atoms with van der Waals surface area (Å²) in [6, 6.07) is 14.0. The number of halogens is 1. The Hall–Kier alpha value is -1.82. The maximum Gasteiger partial charge on any atom is 0.240 e. The molecule has 0 heterocycles. The number of fused-ring (bicyclic) bond motifs is 1. The van der Waals surface area contributed by atoms with Crippen LogP contribution < -0.4 is 15.8 Å². The number of hydrogen-bond acceptors (Lipinski definition) is 4. The van der Waals surface area contributed by atoms with Crippen LogP contribution in [0.4, 0.5) is 0 Å². The molecule has 2 atom stereocenters. The number of benzene rings is 2. The van der Waals surface area contributed by atoms with E-state index in [0.29, 0.717) is 26.2 Å². The van der Waals surface area contributed by atoms with E-state index in [1.807, 2.05) is 51.1 Å². The fraction of sp³-hybridized carbons (Fsp3) is 0.476. The van der Waals surface area contributed by atoms with Crippen LogP contribution in [0.3, 0.4) is 0 Å². The van der Waals surface area contributed by atoms with Crippen molar-refractivity contribution in [3.63, 3.8) is 0 Å². The molecule has 1 fully saturated rings. The molecule has 1 aliphatic carbocycles. The second-order valence-corrected chi connectivity index (χ2v) is 7.42. The first-order valence-corrected chi connectivity index (χ1v) is 9.19. The van der Waals surface area contributed by atoms with Gasteiger partial charge in [-0.25, -0.2) is 0 Å². The topological polar surface area (TPSA) is 73.6 Å². The van der Waals surface area contributed by atoms with Crippen LogP contribution in [0.15, 0.2) is 42.5 Å². The largest absolute Gasteiger partial charge is 0.491 e. The summed E-state index contributed by atoms with van der Waals surface area (Å²) >= 11 is 0. The Kier molecular flexibility index (Phi) is 6.73. The van der Waals surface area contributed by atoms with Gasteiger partial charge in [-0.2, -0.15) is 0 Å². The van der Waals surface area contributed by atoms with Gasteiger partial charge in [0.15, 0.2) is 0 Å². The summed E-state index contributed by atoms with van der Waals surface area (Å²) in [5.41, 5.74) is 5.10. The van der Waals surface area contributed by atoms with Crippen LogP contribution in [0, 0.1) is 5.41 Å². The minimum atomic E-state index is -0.897. The maximum atomic E-state index is 12.6. The van der Waals surface area contributed by atoms with E-state index in [1.54, 1.807) is 0 Å². The number of carbonyl (C=O) groups excluding carboxylic acids is 1. The van der Waals surface area contributed by atoms with Crippen LogP contribution in [0.2, 0.25) is 0 Å². The molecule has 148 valence electrons. The van der Waals surface area contributed by atoms with Crippen molar-refractivity contribution in [3.05, 3.63) is 42.5 Å². The first-order chi connectivity index (χ1) is 12.4. The van der Waals surface area contributed by atoms with Crippen molar-refractivity contribution in [2.24, 2.45) is 11.1 Å². The Bertz CT molecular complexity index is 791. The lowest BCUT2D eigenvalue weighted by atomic mass is 9.54. The predicted molar refractivity (Wildman–Crippen MR) is 110 cm³/mol. The zero-order valence-corrected chi connectivity index (χ0v) is 17.0. The Morgan fingerprint density at radius 2 is 1.93 bits per heavy atom. The van der Waals surface area contributed by atoms with E-state index >= 15 is 0 Å². The highest BCUT2D eigenvalue weighted by Gasteiger charge is 2.62. The van der Waals surface area contributed by atoms with Gasteiger partial charge in [-0.3, -0.25) is 4.79 Å². The highest BCUT2D eigenvalue weighted by Crippen LogP contribution is 2.49. The Morgan fingerprint density at radius 1 is 1.22 bits per heavy atom. The van der Waals surface area contributed by atoms with Gasteiger partial charge in [-0.05, 0) is 18.4 Å². The normalized spacial score (nSPS) is 23.2. The summed E-state index contributed by atoms with van der Waals surface area (Å²) in [5.74, 6) is 0.681. The van der Waals surface area contributed by atoms with Crippen molar-refractivity contribution < 1.29 is 14.3 Å². The maximum absolute atomic E-state index is 12.6. The number of carbonyl (C=O) groups is 1. The van der Waals surface area contributed by atoms with Crippen LogP contribution in [-0.4, -0.2) is 37.3 Å². The summed E-state index contributed by atoms with van der Waals surface area (Å²) in [6.45, 7) is 7.37. The molecule has 3 N–H and O–H groups in total. The average Bonchev–Trinajstić information content (AvgIpc) is 2.64. The molecule has 1 aliphatic rings. The molecule has 0 spiro atoms. The molecule has 3 rings (SSSR count). The van der Waals surface area contributed by atoms with Crippen molar-refractivity contribution in [3.8, 4) is 5.75 Å². The molecule has 0 saturated heterocycles. The van der Waals surface area contributed by atoms with Crippen molar-refractivity contribution >= 4 is 29.1 Å². The summed E-state index contributed by atoms with van der Waals surface area (Å²) in [4.78, 5) is 12.6. The molecule has 27 heavy (non-hydrogen) atoms. The van der Waals surface area contributed by atoms with Crippen molar-refractivity contribution in [1.82, 2.24) is 5.32 Å². The molecule has 1 amide bonds. The van der Waals surface area contributed by atoms with Crippen LogP contribution >= 0.6 is 12.4 Å². The first-order valence-electron chi connectivity index (χ1n) is 9.19. The van der Waals surface area contributed by atoms with Crippen molar-refractivity contribution in [2.45, 2.75) is 38.8 Å². The van der Waals surface area contributed by atoms with E-state index in [4.69, 9.17) is 15.2 Å². The van der Waals surface area contributed by atoms with Crippen LogP contribution in [0.25, 0.3) is 10.8 Å². The van der Waals surface area contributed by atoms with Crippen molar-refractivity contribution in [2.75, 3.05) is 19.8 Å². The zero-order chi connectivity index (χ0) is 18.8. The van der Waals surface area contributed by atoms with Crippen molar-refractivity contribution in [1.29, 1.82) is 0 Å². The quantitative estimate of drug-likeness (QED) is 0.709. The monoisotopic (exact) mass is 392 g/mol. The third-order valence-electron chi connectivity index (χ3n) is 5.63. The number of ether oxygens (including phenoxy) is 2. The number of rotatable bonds is 7. The molecular formula is C21H29ClN2O3. The standard InChI is InChI=1S/C21H28N2O3.ClH/c1-4-25-18-14-21(22,20(18,2)3)19(24)23-12-13-26-17-11-7-9-15-8-5-6-10-16(15)17;/h5-11,18H,4,12-14,22H2,1-3H3,(H,23,24);1H. The van der Waals surface area contributed by atoms with E-state index in [-0.39, 0.29) is 29.8 Å². The second kappa shape index (κ2) is 8.46. The van der Waals surface area contributed by atoms with Gasteiger partial charge in [0.1, 0.15) is 17.9 Å². The fourth-order valence-corrected chi connectivity index (χ4v) is 3.63. The van der Waals surface area contributed by atoms with Gasteiger partial charge in [-0.15, -0.1) is 12.4 Å². The van der Waals surface area contributed by atoms with Gasteiger partial charge >= 0.3 is 0 Å². The molecule has 5 nitrogen and oxygen atoms in total. The van der Waals surface area contributed by atoms with Crippen LogP contribution in [0.1, 0.15) is 27.2 Å². The van der Waals surface area contributed by atoms with Gasteiger partial charge in [0.25, 0.3) is 0 Å². The lowest BCUT2D eigenvalue weighted by molar-refractivity contribution is -0.170. The summed E-state index contributed by atoms with van der Waals surface area (Å²) in [6.07, 6.45) is 0.569. The Labute approximate surface area is 167 Å². The van der Waals surface area contributed by atoms with Gasteiger partial charge in [0, 0.05) is 23.8 Å². The second-order valence-electron chi connectivity index (χ2n) is 7.42. The SMILES string of the molecule is CCOC1CC(N)(C(=O)NCCOc2cccc3ccccc23)C1(C)C.Cl. The molecule has 0 aliphatic heterocycles. The number of amides is 1. The van der Waals surface area contributed by atoms with Crippen LogP contribution in [-0.2, 0) is 9.53 Å². The third kappa shape index (κ3) is 3.91. The molecule has 0 bridgehead atoms. The smallest absolute Gasteiger partial charge is 0.240 e. The molecular weight excluding hydrogens is 364 g/mol. The van der Waals surface area contributed by atoms with E-state index in [2.05, 4.69) is 17.4 Å². The molecule has 6 heteroatoms. The molecule has 2 aromatic rings. The van der Waals surface area contributed by atoms with Crippen LogP contribution in [0.5, 0.6) is 5.75 Å². The van der Waals surface area contributed by atoms with Gasteiger partial charge in [0.05, 0.1) is 12.6 Å². The third-order valence-corrected chi connectivity index (χ3v) is 5.63. The first kappa shape index (κ1) is 21.5. The molecule has 1 saturated carbocycles. The number of nitrogens with two attached hydrogens (primary N) is 1. The van der Waals surface area contributed by atoms with Gasteiger partial charge < -0.3 is 20.5 Å². The van der Waals surface area contributed by atoms with E-state index in [0.717, 1.165) is 16.5 Å². The Morgan fingerprint density at radius 3 is 2.63 bits per heavy atom. The number of hydrogen-bond donors (Lipinski definition) is 2.